The van der Waals surface area contributed by atoms with Crippen LogP contribution in [0.15, 0.2) is 12.1 Å². The van der Waals surface area contributed by atoms with Gasteiger partial charge in [-0.1, -0.05) is 6.07 Å². The summed E-state index contributed by atoms with van der Waals surface area (Å²) in [6.07, 6.45) is 1.77. The maximum atomic E-state index is 12.4. The minimum absolute atomic E-state index is 0.0392. The summed E-state index contributed by atoms with van der Waals surface area (Å²) < 4.78 is 4.49. The van der Waals surface area contributed by atoms with Crippen molar-refractivity contribution in [2.75, 3.05) is 25.1 Å². The van der Waals surface area contributed by atoms with Crippen LogP contribution in [0.5, 0.6) is 0 Å². The normalized spacial score (nSPS) is 13.6. The number of ether oxygens (including phenoxy) is 1. The second-order valence-electron chi connectivity index (χ2n) is 5.40. The van der Waals surface area contributed by atoms with Gasteiger partial charge in [0.05, 0.1) is 7.11 Å². The first-order valence-corrected chi connectivity index (χ1v) is 7.25. The molecule has 1 heterocycles. The Kier molecular flexibility index (Phi) is 4.83. The van der Waals surface area contributed by atoms with Crippen LogP contribution in [-0.4, -0.2) is 32.2 Å². The molecule has 2 rings (SSSR count). The molecule has 0 aliphatic carbocycles. The summed E-state index contributed by atoms with van der Waals surface area (Å²) in [5, 5.41) is 2.54. The van der Waals surface area contributed by atoms with E-state index in [1.807, 2.05) is 11.8 Å². The molecule has 1 aromatic rings. The summed E-state index contributed by atoms with van der Waals surface area (Å²) in [4.78, 5) is 25.2. The molecule has 5 nitrogen and oxygen atoms in total. The lowest BCUT2D eigenvalue weighted by Crippen LogP contribution is -2.38. The Balaban J connectivity index is 2.09. The van der Waals surface area contributed by atoms with E-state index >= 15 is 0 Å². The molecule has 1 aromatic carbocycles. The molecule has 0 saturated carbocycles. The number of rotatable bonds is 3. The SMILES string of the molecule is COC(=O)NCCC(=O)N1CCCc2c(C)cc(C)cc21. The van der Waals surface area contributed by atoms with Crippen LogP contribution in [-0.2, 0) is 16.0 Å². The third-order valence-electron chi connectivity index (χ3n) is 3.79. The lowest BCUT2D eigenvalue weighted by atomic mass is 9.95. The van der Waals surface area contributed by atoms with E-state index in [0.29, 0.717) is 6.54 Å². The molecule has 1 N–H and O–H groups in total. The lowest BCUT2D eigenvalue weighted by molar-refractivity contribution is -0.118. The minimum atomic E-state index is -0.506. The molecule has 0 fully saturated rings. The van der Waals surface area contributed by atoms with Crippen molar-refractivity contribution in [2.24, 2.45) is 0 Å². The van der Waals surface area contributed by atoms with Gasteiger partial charge in [-0.05, 0) is 49.4 Å². The first kappa shape index (κ1) is 15.4. The van der Waals surface area contributed by atoms with Crippen molar-refractivity contribution in [1.29, 1.82) is 0 Å². The standard InChI is InChI=1S/C16H22N2O3/c1-11-9-12(2)13-5-4-8-18(14(13)10-11)15(19)6-7-17-16(20)21-3/h9-10H,4-8H2,1-3H3,(H,17,20). The second kappa shape index (κ2) is 6.61. The topological polar surface area (TPSA) is 58.6 Å². The molecular formula is C16H22N2O3. The monoisotopic (exact) mass is 290 g/mol. The van der Waals surface area contributed by atoms with Gasteiger partial charge in [0.15, 0.2) is 0 Å². The molecule has 21 heavy (non-hydrogen) atoms. The van der Waals surface area contributed by atoms with E-state index in [2.05, 4.69) is 29.1 Å². The van der Waals surface area contributed by atoms with E-state index in [-0.39, 0.29) is 12.3 Å². The van der Waals surface area contributed by atoms with Crippen LogP contribution in [0.3, 0.4) is 0 Å². The van der Waals surface area contributed by atoms with Gasteiger partial charge in [-0.25, -0.2) is 4.79 Å². The van der Waals surface area contributed by atoms with Crippen molar-refractivity contribution in [2.45, 2.75) is 33.1 Å². The largest absolute Gasteiger partial charge is 0.453 e. The number of benzene rings is 1. The number of fused-ring (bicyclic) bond motifs is 1. The van der Waals surface area contributed by atoms with E-state index in [0.717, 1.165) is 25.1 Å². The Morgan fingerprint density at radius 2 is 2.10 bits per heavy atom. The first-order chi connectivity index (χ1) is 10.0. The molecule has 0 spiro atoms. The number of nitrogens with zero attached hydrogens (tertiary/aromatic N) is 1. The number of aryl methyl sites for hydroxylation is 2. The molecule has 0 aromatic heterocycles. The van der Waals surface area contributed by atoms with Gasteiger partial charge in [0, 0.05) is 25.2 Å². The Hall–Kier alpha value is -2.04. The highest BCUT2D eigenvalue weighted by Crippen LogP contribution is 2.31. The van der Waals surface area contributed by atoms with Crippen LogP contribution in [0.2, 0.25) is 0 Å². The second-order valence-corrected chi connectivity index (χ2v) is 5.40. The molecule has 0 atom stereocenters. The quantitative estimate of drug-likeness (QED) is 0.929. The molecule has 0 radical (unpaired) electrons. The summed E-state index contributed by atoms with van der Waals surface area (Å²) in [6, 6.07) is 4.23. The average molecular weight is 290 g/mol. The van der Waals surface area contributed by atoms with Gasteiger partial charge in [-0.15, -0.1) is 0 Å². The maximum absolute atomic E-state index is 12.4. The van der Waals surface area contributed by atoms with Crippen LogP contribution in [0.4, 0.5) is 10.5 Å². The average Bonchev–Trinajstić information content (AvgIpc) is 2.46. The van der Waals surface area contributed by atoms with Gasteiger partial charge in [0.1, 0.15) is 0 Å². The van der Waals surface area contributed by atoms with Crippen LogP contribution >= 0.6 is 0 Å². The highest BCUT2D eigenvalue weighted by molar-refractivity contribution is 5.95. The van der Waals surface area contributed by atoms with Gasteiger partial charge in [-0.2, -0.15) is 0 Å². The Morgan fingerprint density at radius 3 is 2.81 bits per heavy atom. The zero-order chi connectivity index (χ0) is 15.4. The fourth-order valence-corrected chi connectivity index (χ4v) is 2.81. The molecular weight excluding hydrogens is 268 g/mol. The Morgan fingerprint density at radius 1 is 1.33 bits per heavy atom. The van der Waals surface area contributed by atoms with Crippen LogP contribution in [0, 0.1) is 13.8 Å². The van der Waals surface area contributed by atoms with E-state index in [1.54, 1.807) is 0 Å². The number of hydrogen-bond acceptors (Lipinski definition) is 3. The molecule has 1 aliphatic rings. The van der Waals surface area contributed by atoms with Crippen molar-refractivity contribution >= 4 is 17.7 Å². The van der Waals surface area contributed by atoms with Gasteiger partial charge in [0.2, 0.25) is 5.91 Å². The maximum Gasteiger partial charge on any atom is 0.406 e. The van der Waals surface area contributed by atoms with E-state index < -0.39 is 6.09 Å². The van der Waals surface area contributed by atoms with E-state index in [4.69, 9.17) is 0 Å². The number of alkyl carbamates (subject to hydrolysis) is 1. The fraction of sp³-hybridized carbons (Fsp3) is 0.500. The van der Waals surface area contributed by atoms with Crippen molar-refractivity contribution in [1.82, 2.24) is 5.32 Å². The molecule has 5 heteroatoms. The number of methoxy groups -OCH3 is 1. The van der Waals surface area contributed by atoms with Gasteiger partial charge in [0.25, 0.3) is 0 Å². The third-order valence-corrected chi connectivity index (χ3v) is 3.79. The number of hydrogen-bond donors (Lipinski definition) is 1. The number of nitrogens with one attached hydrogen (secondary N) is 1. The van der Waals surface area contributed by atoms with Crippen LogP contribution in [0.1, 0.15) is 29.5 Å². The molecule has 2 amide bonds. The fourth-order valence-electron chi connectivity index (χ4n) is 2.81. The summed E-state index contributed by atoms with van der Waals surface area (Å²) >= 11 is 0. The van der Waals surface area contributed by atoms with Gasteiger partial charge < -0.3 is 15.0 Å². The smallest absolute Gasteiger partial charge is 0.406 e. The predicted octanol–water partition coefficient (Wildman–Crippen LogP) is 2.33. The zero-order valence-corrected chi connectivity index (χ0v) is 12.9. The summed E-state index contributed by atoms with van der Waals surface area (Å²) in [5.74, 6) is 0.0392. The van der Waals surface area contributed by atoms with Crippen LogP contribution in [0.25, 0.3) is 0 Å². The molecule has 0 saturated heterocycles. The molecule has 114 valence electrons. The summed E-state index contributed by atoms with van der Waals surface area (Å²) in [6.45, 7) is 5.18. The lowest BCUT2D eigenvalue weighted by Gasteiger charge is -2.31. The van der Waals surface area contributed by atoms with Crippen LogP contribution < -0.4 is 10.2 Å². The highest BCUT2D eigenvalue weighted by Gasteiger charge is 2.23. The Bertz CT molecular complexity index is 555. The molecule has 0 unspecified atom stereocenters. The summed E-state index contributed by atoms with van der Waals surface area (Å²) in [7, 11) is 1.31. The Labute approximate surface area is 125 Å². The number of carbonyl (C=O) groups is 2. The van der Waals surface area contributed by atoms with Gasteiger partial charge >= 0.3 is 6.09 Å². The number of amides is 2. The molecule has 1 aliphatic heterocycles. The third kappa shape index (κ3) is 3.54. The van der Waals surface area contributed by atoms with Crippen molar-refractivity contribution < 1.29 is 14.3 Å². The number of carbonyl (C=O) groups excluding carboxylic acids is 2. The minimum Gasteiger partial charge on any atom is -0.453 e. The van der Waals surface area contributed by atoms with E-state index in [9.17, 15) is 9.59 Å². The predicted molar refractivity (Wildman–Crippen MR) is 81.6 cm³/mol. The highest BCUT2D eigenvalue weighted by atomic mass is 16.5. The van der Waals surface area contributed by atoms with Crippen molar-refractivity contribution in [3.8, 4) is 0 Å². The first-order valence-electron chi connectivity index (χ1n) is 7.25. The van der Waals surface area contributed by atoms with Gasteiger partial charge in [-0.3, -0.25) is 4.79 Å². The molecule has 0 bridgehead atoms. The number of anilines is 1. The zero-order valence-electron chi connectivity index (χ0n) is 12.9. The van der Waals surface area contributed by atoms with Crippen molar-refractivity contribution in [3.05, 3.63) is 28.8 Å². The summed E-state index contributed by atoms with van der Waals surface area (Å²) in [5.41, 5.74) is 4.71. The van der Waals surface area contributed by atoms with E-state index in [1.165, 1.54) is 23.8 Å². The van der Waals surface area contributed by atoms with Crippen molar-refractivity contribution in [3.63, 3.8) is 0 Å².